The summed E-state index contributed by atoms with van der Waals surface area (Å²) < 4.78 is 43.4. The van der Waals surface area contributed by atoms with E-state index < -0.39 is 26.7 Å². The van der Waals surface area contributed by atoms with E-state index in [9.17, 15) is 18.0 Å². The minimum Gasteiger partial charge on any atom is -0.493 e. The SMILES string of the molecule is COc1cc(NC(=O)c2ccc(Cl)c(S(=O)(=O)NC(=O)c3ccccc3)c2)cc(OC)c1OC. The van der Waals surface area contributed by atoms with Gasteiger partial charge in [0.1, 0.15) is 4.90 Å². The molecule has 0 spiro atoms. The average Bonchev–Trinajstić information content (AvgIpc) is 2.83. The molecule has 0 saturated heterocycles. The third-order valence-electron chi connectivity index (χ3n) is 4.67. The minimum absolute atomic E-state index is 0.00862. The zero-order chi connectivity index (χ0) is 24.9. The number of amides is 2. The summed E-state index contributed by atoms with van der Waals surface area (Å²) in [5.74, 6) is -0.474. The number of hydrogen-bond acceptors (Lipinski definition) is 7. The van der Waals surface area contributed by atoms with E-state index in [1.165, 1.54) is 57.7 Å². The molecule has 0 radical (unpaired) electrons. The van der Waals surface area contributed by atoms with Crippen LogP contribution < -0.4 is 24.2 Å². The molecule has 9 nitrogen and oxygen atoms in total. The van der Waals surface area contributed by atoms with Gasteiger partial charge < -0.3 is 19.5 Å². The van der Waals surface area contributed by atoms with Crippen LogP contribution >= 0.6 is 11.6 Å². The fourth-order valence-corrected chi connectivity index (χ4v) is 4.53. The summed E-state index contributed by atoms with van der Waals surface area (Å²) >= 11 is 6.08. The lowest BCUT2D eigenvalue weighted by Gasteiger charge is -2.15. The van der Waals surface area contributed by atoms with E-state index in [0.29, 0.717) is 22.9 Å². The molecule has 0 unspecified atom stereocenters. The number of benzene rings is 3. The van der Waals surface area contributed by atoms with E-state index in [1.807, 2.05) is 4.72 Å². The zero-order valence-corrected chi connectivity index (χ0v) is 20.0. The molecule has 0 saturated carbocycles. The summed E-state index contributed by atoms with van der Waals surface area (Å²) in [5, 5.41) is 2.49. The van der Waals surface area contributed by atoms with E-state index in [2.05, 4.69) is 5.32 Å². The number of hydrogen-bond donors (Lipinski definition) is 2. The van der Waals surface area contributed by atoms with Gasteiger partial charge in [0.05, 0.1) is 26.4 Å². The molecule has 3 aromatic carbocycles. The molecule has 3 rings (SSSR count). The number of nitrogens with one attached hydrogen (secondary N) is 2. The molecule has 0 fully saturated rings. The highest BCUT2D eigenvalue weighted by molar-refractivity contribution is 7.90. The first-order valence-electron chi connectivity index (χ1n) is 9.73. The topological polar surface area (TPSA) is 120 Å². The van der Waals surface area contributed by atoms with Gasteiger partial charge in [-0.1, -0.05) is 29.8 Å². The van der Waals surface area contributed by atoms with Crippen molar-refractivity contribution in [1.29, 1.82) is 0 Å². The van der Waals surface area contributed by atoms with Gasteiger partial charge in [0.2, 0.25) is 5.75 Å². The highest BCUT2D eigenvalue weighted by Crippen LogP contribution is 2.40. The number of ether oxygens (including phenoxy) is 3. The van der Waals surface area contributed by atoms with Gasteiger partial charge in [-0.3, -0.25) is 9.59 Å². The maximum atomic E-state index is 12.9. The molecule has 2 N–H and O–H groups in total. The number of halogens is 1. The largest absolute Gasteiger partial charge is 0.493 e. The molecule has 0 atom stereocenters. The quantitative estimate of drug-likeness (QED) is 0.479. The van der Waals surface area contributed by atoms with Crippen molar-refractivity contribution in [3.8, 4) is 17.2 Å². The number of anilines is 1. The first-order chi connectivity index (χ1) is 16.2. The van der Waals surface area contributed by atoms with Crippen molar-refractivity contribution in [3.05, 3.63) is 76.8 Å². The van der Waals surface area contributed by atoms with Crippen molar-refractivity contribution in [2.24, 2.45) is 0 Å². The average molecular weight is 505 g/mol. The van der Waals surface area contributed by atoms with Crippen molar-refractivity contribution in [1.82, 2.24) is 4.72 Å². The lowest BCUT2D eigenvalue weighted by molar-refractivity contribution is 0.0980. The Labute approximate surface area is 201 Å². The van der Waals surface area contributed by atoms with E-state index in [0.717, 1.165) is 6.07 Å². The second kappa shape index (κ2) is 10.4. The van der Waals surface area contributed by atoms with Gasteiger partial charge in [-0.05, 0) is 30.3 Å². The fraction of sp³-hybridized carbons (Fsp3) is 0.130. The number of sulfonamides is 1. The molecule has 2 amide bonds. The summed E-state index contributed by atoms with van der Waals surface area (Å²) in [5.41, 5.74) is 0.459. The maximum Gasteiger partial charge on any atom is 0.265 e. The van der Waals surface area contributed by atoms with Crippen molar-refractivity contribution in [2.75, 3.05) is 26.6 Å². The monoisotopic (exact) mass is 504 g/mol. The van der Waals surface area contributed by atoms with Crippen LogP contribution in [0.3, 0.4) is 0 Å². The Morgan fingerprint density at radius 3 is 1.97 bits per heavy atom. The van der Waals surface area contributed by atoms with E-state index in [1.54, 1.807) is 18.2 Å². The molecule has 11 heteroatoms. The predicted octanol–water partition coefficient (Wildman–Crippen LogP) is 3.74. The summed E-state index contributed by atoms with van der Waals surface area (Å²) in [6.07, 6.45) is 0. The Morgan fingerprint density at radius 1 is 0.794 bits per heavy atom. The second-order valence-corrected chi connectivity index (χ2v) is 8.87. The lowest BCUT2D eigenvalue weighted by atomic mass is 10.2. The smallest absolute Gasteiger partial charge is 0.265 e. The molecule has 0 bridgehead atoms. The van der Waals surface area contributed by atoms with Crippen LogP contribution in [0.5, 0.6) is 17.2 Å². The molecule has 3 aromatic rings. The molecule has 34 heavy (non-hydrogen) atoms. The molecule has 0 heterocycles. The third-order valence-corrected chi connectivity index (χ3v) is 6.48. The van der Waals surface area contributed by atoms with Crippen LogP contribution in [-0.2, 0) is 10.0 Å². The van der Waals surface area contributed by atoms with Gasteiger partial charge in [0.15, 0.2) is 11.5 Å². The third kappa shape index (κ3) is 5.41. The van der Waals surface area contributed by atoms with E-state index >= 15 is 0 Å². The van der Waals surface area contributed by atoms with Gasteiger partial charge in [-0.25, -0.2) is 13.1 Å². The van der Waals surface area contributed by atoms with Crippen LogP contribution in [0.4, 0.5) is 5.69 Å². The van der Waals surface area contributed by atoms with Crippen LogP contribution in [0.15, 0.2) is 65.6 Å². The summed E-state index contributed by atoms with van der Waals surface area (Å²) in [7, 11) is -0.0493. The number of carbonyl (C=O) groups excluding carboxylic acids is 2. The molecule has 0 aliphatic carbocycles. The molecule has 178 valence electrons. The maximum absolute atomic E-state index is 12.9. The first kappa shape index (κ1) is 24.9. The van der Waals surface area contributed by atoms with Crippen molar-refractivity contribution in [2.45, 2.75) is 4.90 Å². The van der Waals surface area contributed by atoms with Crippen molar-refractivity contribution in [3.63, 3.8) is 0 Å². The summed E-state index contributed by atoms with van der Waals surface area (Å²) in [6.45, 7) is 0. The number of methoxy groups -OCH3 is 3. The normalized spacial score (nSPS) is 10.8. The molecule has 0 aromatic heterocycles. The standard InChI is InChI=1S/C23H21ClN2O7S/c1-31-18-12-16(13-19(32-2)21(18)33-3)25-22(27)15-9-10-17(24)20(11-15)34(29,30)26-23(28)14-7-5-4-6-8-14/h4-13H,1-3H3,(H,25,27)(H,26,28). The molecule has 0 aliphatic heterocycles. The van der Waals surface area contributed by atoms with Crippen molar-refractivity contribution >= 4 is 39.1 Å². The highest BCUT2D eigenvalue weighted by Gasteiger charge is 2.23. The van der Waals surface area contributed by atoms with Crippen LogP contribution in [0.2, 0.25) is 5.02 Å². The van der Waals surface area contributed by atoms with Crippen molar-refractivity contribution < 1.29 is 32.2 Å². The molecule has 0 aliphatic rings. The molecular weight excluding hydrogens is 484 g/mol. The Kier molecular flexibility index (Phi) is 7.64. The van der Waals surface area contributed by atoms with Gasteiger partial charge in [-0.15, -0.1) is 0 Å². The van der Waals surface area contributed by atoms with Crippen LogP contribution in [0.1, 0.15) is 20.7 Å². The van der Waals surface area contributed by atoms with Gasteiger partial charge >= 0.3 is 0 Å². The van der Waals surface area contributed by atoms with Crippen LogP contribution in [-0.4, -0.2) is 41.6 Å². The predicted molar refractivity (Wildman–Crippen MR) is 127 cm³/mol. The Balaban J connectivity index is 1.88. The van der Waals surface area contributed by atoms with E-state index in [-0.39, 0.29) is 16.1 Å². The van der Waals surface area contributed by atoms with Gasteiger partial charge in [0.25, 0.3) is 21.8 Å². The van der Waals surface area contributed by atoms with Crippen LogP contribution in [0, 0.1) is 0 Å². The van der Waals surface area contributed by atoms with E-state index in [4.69, 9.17) is 25.8 Å². The Hall–Kier alpha value is -3.76. The Bertz CT molecular complexity index is 1300. The Morgan fingerprint density at radius 2 is 1.41 bits per heavy atom. The highest BCUT2D eigenvalue weighted by atomic mass is 35.5. The van der Waals surface area contributed by atoms with Gasteiger partial charge in [-0.2, -0.15) is 0 Å². The first-order valence-corrected chi connectivity index (χ1v) is 11.6. The summed E-state index contributed by atoms with van der Waals surface area (Å²) in [4.78, 5) is 24.8. The lowest BCUT2D eigenvalue weighted by Crippen LogP contribution is -2.31. The fourth-order valence-electron chi connectivity index (χ4n) is 3.03. The zero-order valence-electron chi connectivity index (χ0n) is 18.4. The second-order valence-electron chi connectivity index (χ2n) is 6.81. The summed E-state index contributed by atoms with van der Waals surface area (Å²) in [6, 6.07) is 14.6. The number of rotatable bonds is 8. The molecular formula is C23H21ClN2O7S. The van der Waals surface area contributed by atoms with Gasteiger partial charge in [0, 0.05) is 28.9 Å². The number of carbonyl (C=O) groups is 2. The minimum atomic E-state index is -4.37. The van der Waals surface area contributed by atoms with Crippen LogP contribution in [0.25, 0.3) is 0 Å².